The summed E-state index contributed by atoms with van der Waals surface area (Å²) >= 11 is 5.13. The molecule has 0 unspecified atom stereocenters. The number of hydrogen-bond donors (Lipinski definition) is 1. The molecule has 1 N–H and O–H groups in total. The maximum atomic E-state index is 10.5. The lowest BCUT2D eigenvalue weighted by Crippen LogP contribution is -2.11. The van der Waals surface area contributed by atoms with Crippen molar-refractivity contribution in [2.45, 2.75) is 13.3 Å². The van der Waals surface area contributed by atoms with E-state index in [0.717, 1.165) is 21.5 Å². The predicted molar refractivity (Wildman–Crippen MR) is 95.3 cm³/mol. The topological polar surface area (TPSA) is 36.6 Å². The Morgan fingerprint density at radius 2 is 2.05 bits per heavy atom. The van der Waals surface area contributed by atoms with Crippen LogP contribution in [0.15, 0.2) is 50.9 Å². The Labute approximate surface area is 141 Å². The van der Waals surface area contributed by atoms with Gasteiger partial charge in [-0.15, -0.1) is 11.3 Å². The Bertz CT molecular complexity index is 780. The number of rotatable bonds is 4. The molecule has 0 aliphatic rings. The van der Waals surface area contributed by atoms with Gasteiger partial charge in [0, 0.05) is 17.2 Å². The quantitative estimate of drug-likeness (QED) is 0.623. The fourth-order valence-electron chi connectivity index (χ4n) is 2.50. The van der Waals surface area contributed by atoms with Crippen molar-refractivity contribution in [3.8, 4) is 16.4 Å². The summed E-state index contributed by atoms with van der Waals surface area (Å²) in [6.07, 6.45) is 2.50. The minimum absolute atomic E-state index is 0.173. The number of aromatic hydroxyl groups is 1. The summed E-state index contributed by atoms with van der Waals surface area (Å²) in [4.78, 5) is 2.88. The number of nitrogens with zero attached hydrogens (tertiary/aromatic N) is 1. The van der Waals surface area contributed by atoms with Crippen molar-refractivity contribution < 1.29 is 9.52 Å². The van der Waals surface area contributed by atoms with Crippen LogP contribution in [0.25, 0.3) is 10.6 Å². The van der Waals surface area contributed by atoms with Crippen LogP contribution in [0.5, 0.6) is 5.75 Å². The SMILES string of the molecule is CCc1c(Br)cccc1N(C)c1coc(-c2cccs2)c1O. The van der Waals surface area contributed by atoms with Gasteiger partial charge in [0.25, 0.3) is 0 Å². The molecule has 22 heavy (non-hydrogen) atoms. The first-order chi connectivity index (χ1) is 10.6. The lowest BCUT2D eigenvalue weighted by molar-refractivity contribution is 0.465. The van der Waals surface area contributed by atoms with Gasteiger partial charge in [-0.25, -0.2) is 0 Å². The highest BCUT2D eigenvalue weighted by molar-refractivity contribution is 9.10. The Morgan fingerprint density at radius 1 is 1.23 bits per heavy atom. The summed E-state index contributed by atoms with van der Waals surface area (Å²) in [6, 6.07) is 9.94. The molecule has 114 valence electrons. The van der Waals surface area contributed by atoms with E-state index in [1.165, 1.54) is 5.56 Å². The minimum Gasteiger partial charge on any atom is -0.503 e. The average Bonchev–Trinajstić information content (AvgIpc) is 3.15. The predicted octanol–water partition coefficient (Wildman–Crippen LogP) is 5.81. The molecule has 0 spiro atoms. The molecule has 0 amide bonds. The van der Waals surface area contributed by atoms with Crippen molar-refractivity contribution in [1.29, 1.82) is 0 Å². The summed E-state index contributed by atoms with van der Waals surface area (Å²) in [7, 11) is 1.93. The zero-order valence-electron chi connectivity index (χ0n) is 12.3. The summed E-state index contributed by atoms with van der Waals surface area (Å²) < 4.78 is 6.66. The number of halogens is 1. The summed E-state index contributed by atoms with van der Waals surface area (Å²) in [6.45, 7) is 2.11. The molecule has 3 aromatic rings. The first kappa shape index (κ1) is 15.2. The van der Waals surface area contributed by atoms with Crippen LogP contribution in [0.4, 0.5) is 11.4 Å². The van der Waals surface area contributed by atoms with Gasteiger partial charge in [-0.3, -0.25) is 0 Å². The Morgan fingerprint density at radius 3 is 2.73 bits per heavy atom. The van der Waals surface area contributed by atoms with Crippen molar-refractivity contribution in [2.24, 2.45) is 0 Å². The van der Waals surface area contributed by atoms with Gasteiger partial charge in [0.1, 0.15) is 12.0 Å². The van der Waals surface area contributed by atoms with E-state index in [2.05, 4.69) is 22.9 Å². The zero-order valence-corrected chi connectivity index (χ0v) is 14.7. The monoisotopic (exact) mass is 377 g/mol. The zero-order chi connectivity index (χ0) is 15.7. The molecular formula is C17H16BrNO2S. The average molecular weight is 378 g/mol. The molecule has 2 aromatic heterocycles. The highest BCUT2D eigenvalue weighted by Gasteiger charge is 2.20. The van der Waals surface area contributed by atoms with Crippen LogP contribution >= 0.6 is 27.3 Å². The molecule has 0 saturated carbocycles. The third-order valence-corrected chi connectivity index (χ3v) is 5.27. The first-order valence-corrected chi connectivity index (χ1v) is 8.66. The molecule has 0 radical (unpaired) electrons. The van der Waals surface area contributed by atoms with E-state index in [1.807, 2.05) is 47.7 Å². The summed E-state index contributed by atoms with van der Waals surface area (Å²) in [5.74, 6) is 0.692. The Hall–Kier alpha value is -1.72. The normalized spacial score (nSPS) is 10.9. The highest BCUT2D eigenvalue weighted by atomic mass is 79.9. The van der Waals surface area contributed by atoms with Crippen LogP contribution in [-0.2, 0) is 6.42 Å². The highest BCUT2D eigenvalue weighted by Crippen LogP contribution is 2.44. The third kappa shape index (κ3) is 2.55. The molecule has 0 aliphatic carbocycles. The van der Waals surface area contributed by atoms with Crippen LogP contribution in [0, 0.1) is 0 Å². The second kappa shape index (κ2) is 6.18. The lowest BCUT2D eigenvalue weighted by Gasteiger charge is -2.21. The van der Waals surface area contributed by atoms with Crippen molar-refractivity contribution in [3.63, 3.8) is 0 Å². The number of hydrogen-bond acceptors (Lipinski definition) is 4. The second-order valence-electron chi connectivity index (χ2n) is 4.93. The van der Waals surface area contributed by atoms with Crippen LogP contribution in [-0.4, -0.2) is 12.2 Å². The molecule has 5 heteroatoms. The number of furan rings is 1. The molecule has 0 bridgehead atoms. The summed E-state index contributed by atoms with van der Waals surface area (Å²) in [5.41, 5.74) is 2.91. The molecule has 2 heterocycles. The van der Waals surface area contributed by atoms with Crippen molar-refractivity contribution in [3.05, 3.63) is 52.0 Å². The van der Waals surface area contributed by atoms with Gasteiger partial charge >= 0.3 is 0 Å². The van der Waals surface area contributed by atoms with E-state index in [-0.39, 0.29) is 5.75 Å². The van der Waals surface area contributed by atoms with Gasteiger partial charge in [-0.05, 0) is 35.6 Å². The van der Waals surface area contributed by atoms with Crippen molar-refractivity contribution in [2.75, 3.05) is 11.9 Å². The third-order valence-electron chi connectivity index (χ3n) is 3.66. The first-order valence-electron chi connectivity index (χ1n) is 6.99. The standard InChI is InChI=1S/C17H16BrNO2S/c1-3-11-12(18)6-4-7-13(11)19(2)14-10-21-17(16(14)20)15-8-5-9-22-15/h4-10,20H,3H2,1-2H3. The van der Waals surface area contributed by atoms with Gasteiger partial charge in [0.15, 0.2) is 11.5 Å². The van der Waals surface area contributed by atoms with Crippen LogP contribution < -0.4 is 4.90 Å². The molecule has 0 atom stereocenters. The Kier molecular flexibility index (Phi) is 4.27. The lowest BCUT2D eigenvalue weighted by atomic mass is 10.1. The van der Waals surface area contributed by atoms with Gasteiger partial charge in [0.2, 0.25) is 0 Å². The van der Waals surface area contributed by atoms with E-state index in [0.29, 0.717) is 11.4 Å². The van der Waals surface area contributed by atoms with Gasteiger partial charge in [-0.2, -0.15) is 0 Å². The van der Waals surface area contributed by atoms with E-state index in [9.17, 15) is 5.11 Å². The largest absolute Gasteiger partial charge is 0.503 e. The molecule has 1 aromatic carbocycles. The molecule has 0 fully saturated rings. The fraction of sp³-hybridized carbons (Fsp3) is 0.176. The van der Waals surface area contributed by atoms with E-state index < -0.39 is 0 Å². The number of benzene rings is 1. The smallest absolute Gasteiger partial charge is 0.187 e. The Balaban J connectivity index is 2.04. The van der Waals surface area contributed by atoms with Crippen LogP contribution in [0.2, 0.25) is 0 Å². The van der Waals surface area contributed by atoms with Crippen LogP contribution in [0.1, 0.15) is 12.5 Å². The number of thiophene rings is 1. The fourth-order valence-corrected chi connectivity index (χ4v) is 3.85. The number of anilines is 2. The molecule has 0 saturated heterocycles. The van der Waals surface area contributed by atoms with E-state index in [1.54, 1.807) is 17.6 Å². The molecule has 0 aliphatic heterocycles. The van der Waals surface area contributed by atoms with E-state index >= 15 is 0 Å². The van der Waals surface area contributed by atoms with Crippen LogP contribution in [0.3, 0.4) is 0 Å². The van der Waals surface area contributed by atoms with Crippen molar-refractivity contribution >= 4 is 38.6 Å². The molecule has 3 nitrogen and oxygen atoms in total. The maximum absolute atomic E-state index is 10.5. The van der Waals surface area contributed by atoms with Gasteiger partial charge in [0.05, 0.1) is 4.88 Å². The second-order valence-corrected chi connectivity index (χ2v) is 6.73. The van der Waals surface area contributed by atoms with Gasteiger partial charge in [-0.1, -0.05) is 35.0 Å². The molecule has 3 rings (SSSR count). The summed E-state index contributed by atoms with van der Waals surface area (Å²) in [5, 5.41) is 12.5. The maximum Gasteiger partial charge on any atom is 0.187 e. The minimum atomic E-state index is 0.173. The van der Waals surface area contributed by atoms with Gasteiger partial charge < -0.3 is 14.4 Å². The van der Waals surface area contributed by atoms with Crippen molar-refractivity contribution in [1.82, 2.24) is 0 Å². The molecular weight excluding hydrogens is 362 g/mol. The van der Waals surface area contributed by atoms with E-state index in [4.69, 9.17) is 4.42 Å².